The number of hydrogen-bond acceptors (Lipinski definition) is 6. The van der Waals surface area contributed by atoms with Crippen molar-refractivity contribution in [3.63, 3.8) is 0 Å². The second kappa shape index (κ2) is 8.13. The molecule has 2 heterocycles. The summed E-state index contributed by atoms with van der Waals surface area (Å²) >= 11 is 5.89. The van der Waals surface area contributed by atoms with Gasteiger partial charge in [0.05, 0.1) is 4.90 Å². The van der Waals surface area contributed by atoms with Gasteiger partial charge in [-0.1, -0.05) is 17.7 Å². The summed E-state index contributed by atoms with van der Waals surface area (Å²) in [5.41, 5.74) is 1.17. The zero-order valence-corrected chi connectivity index (χ0v) is 17.4. The number of hydrogen-bond donors (Lipinski definition) is 2. The van der Waals surface area contributed by atoms with Crippen LogP contribution in [0.2, 0.25) is 5.02 Å². The topological polar surface area (TPSA) is 102 Å². The van der Waals surface area contributed by atoms with E-state index >= 15 is 0 Å². The lowest BCUT2D eigenvalue weighted by molar-refractivity contribution is 0.601. The minimum Gasteiger partial charge on any atom is -0.340 e. The first kappa shape index (κ1) is 19.9. The number of sulfonamides is 1. The Morgan fingerprint density at radius 2 is 1.73 bits per heavy atom. The summed E-state index contributed by atoms with van der Waals surface area (Å²) in [5, 5.41) is 3.53. The lowest BCUT2D eigenvalue weighted by atomic mass is 10.3. The minimum atomic E-state index is -3.73. The molecule has 0 spiro atoms. The van der Waals surface area contributed by atoms with Gasteiger partial charge in [-0.3, -0.25) is 9.29 Å². The first-order valence-electron chi connectivity index (χ1n) is 8.88. The van der Waals surface area contributed by atoms with Crippen LogP contribution in [0.25, 0.3) is 5.82 Å². The molecule has 2 aromatic heterocycles. The molecule has 0 radical (unpaired) electrons. The number of nitrogens with one attached hydrogen (secondary N) is 2. The van der Waals surface area contributed by atoms with Crippen LogP contribution in [0, 0.1) is 6.92 Å². The minimum absolute atomic E-state index is 0.0977. The Balaban J connectivity index is 1.49. The van der Waals surface area contributed by atoms with E-state index in [1.807, 2.05) is 17.7 Å². The second-order valence-corrected chi connectivity index (χ2v) is 8.49. The third kappa shape index (κ3) is 4.42. The number of halogens is 1. The molecule has 2 N–H and O–H groups in total. The Morgan fingerprint density at radius 3 is 2.43 bits per heavy atom. The molecule has 0 amide bonds. The lowest BCUT2D eigenvalue weighted by Gasteiger charge is -2.11. The Morgan fingerprint density at radius 1 is 0.967 bits per heavy atom. The van der Waals surface area contributed by atoms with E-state index in [9.17, 15) is 8.42 Å². The molecule has 0 saturated carbocycles. The van der Waals surface area contributed by atoms with E-state index in [2.05, 4.69) is 25.0 Å². The van der Waals surface area contributed by atoms with Gasteiger partial charge in [-0.05, 0) is 49.4 Å². The SMILES string of the molecule is Cc1nccn1-c1cc(Nc2ccc(NS(=O)(=O)c3cccc(Cl)c3)cc2)ncn1. The molecule has 0 atom stereocenters. The van der Waals surface area contributed by atoms with Crippen molar-refractivity contribution in [3.05, 3.63) is 84.2 Å². The fraction of sp³-hybridized carbons (Fsp3) is 0.0500. The van der Waals surface area contributed by atoms with E-state index in [4.69, 9.17) is 11.6 Å². The zero-order valence-electron chi connectivity index (χ0n) is 15.8. The fourth-order valence-electron chi connectivity index (χ4n) is 2.78. The van der Waals surface area contributed by atoms with Crippen molar-refractivity contribution in [1.82, 2.24) is 19.5 Å². The summed E-state index contributed by atoms with van der Waals surface area (Å²) in [4.78, 5) is 12.8. The van der Waals surface area contributed by atoms with Crippen LogP contribution in [-0.4, -0.2) is 27.9 Å². The quantitative estimate of drug-likeness (QED) is 0.466. The monoisotopic (exact) mass is 440 g/mol. The lowest BCUT2D eigenvalue weighted by Crippen LogP contribution is -2.12. The van der Waals surface area contributed by atoms with Gasteiger partial charge in [0.2, 0.25) is 0 Å². The largest absolute Gasteiger partial charge is 0.340 e. The summed E-state index contributed by atoms with van der Waals surface area (Å²) in [6.45, 7) is 1.89. The molecular weight excluding hydrogens is 424 g/mol. The number of benzene rings is 2. The van der Waals surface area contributed by atoms with Crippen LogP contribution in [0.5, 0.6) is 0 Å². The average Bonchev–Trinajstić information content (AvgIpc) is 3.15. The highest BCUT2D eigenvalue weighted by atomic mass is 35.5. The van der Waals surface area contributed by atoms with Crippen molar-refractivity contribution in [1.29, 1.82) is 0 Å². The molecule has 152 valence electrons. The molecule has 4 rings (SSSR count). The number of rotatable bonds is 6. The van der Waals surface area contributed by atoms with Crippen LogP contribution >= 0.6 is 11.6 Å². The van der Waals surface area contributed by atoms with Crippen molar-refractivity contribution in [3.8, 4) is 5.82 Å². The van der Waals surface area contributed by atoms with Crippen LogP contribution in [0.15, 0.2) is 78.2 Å². The van der Waals surface area contributed by atoms with E-state index < -0.39 is 10.0 Å². The van der Waals surface area contributed by atoms with Gasteiger partial charge in [0.15, 0.2) is 0 Å². The maximum Gasteiger partial charge on any atom is 0.261 e. The van der Waals surface area contributed by atoms with Crippen molar-refractivity contribution in [2.24, 2.45) is 0 Å². The fourth-order valence-corrected chi connectivity index (χ4v) is 4.14. The van der Waals surface area contributed by atoms with Crippen molar-refractivity contribution >= 4 is 38.8 Å². The third-order valence-electron chi connectivity index (χ3n) is 4.24. The Labute approximate surface area is 178 Å². The third-order valence-corrected chi connectivity index (χ3v) is 5.86. The number of aromatic nitrogens is 4. The highest BCUT2D eigenvalue weighted by Gasteiger charge is 2.14. The van der Waals surface area contributed by atoms with Gasteiger partial charge in [-0.15, -0.1) is 0 Å². The van der Waals surface area contributed by atoms with E-state index in [1.54, 1.807) is 48.7 Å². The predicted molar refractivity (Wildman–Crippen MR) is 116 cm³/mol. The van der Waals surface area contributed by atoms with Crippen LogP contribution in [-0.2, 0) is 10.0 Å². The molecule has 4 aromatic rings. The summed E-state index contributed by atoms with van der Waals surface area (Å²) in [5.74, 6) is 2.10. The highest BCUT2D eigenvalue weighted by molar-refractivity contribution is 7.92. The van der Waals surface area contributed by atoms with Crippen molar-refractivity contribution < 1.29 is 8.42 Å². The summed E-state index contributed by atoms with van der Waals surface area (Å²) in [6.07, 6.45) is 4.99. The van der Waals surface area contributed by atoms with Gasteiger partial charge >= 0.3 is 0 Å². The molecule has 0 fully saturated rings. The molecule has 0 saturated heterocycles. The predicted octanol–water partition coefficient (Wildman–Crippen LogP) is 4.17. The van der Waals surface area contributed by atoms with Crippen LogP contribution < -0.4 is 10.0 Å². The van der Waals surface area contributed by atoms with Gasteiger partial charge in [-0.2, -0.15) is 0 Å². The van der Waals surface area contributed by atoms with Crippen LogP contribution in [0.1, 0.15) is 5.82 Å². The Hall–Kier alpha value is -3.43. The second-order valence-electron chi connectivity index (χ2n) is 6.37. The van der Waals surface area contributed by atoms with E-state index in [1.165, 1.54) is 18.5 Å². The van der Waals surface area contributed by atoms with Gasteiger partial charge in [-0.25, -0.2) is 23.4 Å². The van der Waals surface area contributed by atoms with E-state index in [-0.39, 0.29) is 4.90 Å². The molecule has 0 aliphatic carbocycles. The Kier molecular flexibility index (Phi) is 5.39. The average molecular weight is 441 g/mol. The molecule has 0 unspecified atom stereocenters. The number of imidazole rings is 1. The molecule has 0 aliphatic rings. The van der Waals surface area contributed by atoms with Crippen LogP contribution in [0.3, 0.4) is 0 Å². The number of nitrogens with zero attached hydrogens (tertiary/aromatic N) is 4. The molecule has 30 heavy (non-hydrogen) atoms. The maximum atomic E-state index is 12.5. The highest BCUT2D eigenvalue weighted by Crippen LogP contribution is 2.22. The van der Waals surface area contributed by atoms with E-state index in [0.717, 1.165) is 11.5 Å². The normalized spacial score (nSPS) is 11.3. The first-order chi connectivity index (χ1) is 14.4. The van der Waals surface area contributed by atoms with Crippen molar-refractivity contribution in [2.75, 3.05) is 10.0 Å². The molecular formula is C20H17ClN6O2S. The molecule has 8 nitrogen and oxygen atoms in total. The van der Waals surface area contributed by atoms with Gasteiger partial charge in [0.25, 0.3) is 10.0 Å². The van der Waals surface area contributed by atoms with Crippen molar-refractivity contribution in [2.45, 2.75) is 11.8 Å². The smallest absolute Gasteiger partial charge is 0.261 e. The van der Waals surface area contributed by atoms with E-state index in [0.29, 0.717) is 22.3 Å². The standard InChI is InChI=1S/C20H17ClN6O2S/c1-14-22-9-10-27(14)20-12-19(23-13-24-20)25-16-5-7-17(8-6-16)26-30(28,29)18-4-2-3-15(21)11-18/h2-13,26H,1H3,(H,23,24,25). The molecule has 0 aliphatic heterocycles. The summed E-state index contributed by atoms with van der Waals surface area (Å²) < 4.78 is 29.4. The van der Waals surface area contributed by atoms with Crippen LogP contribution in [0.4, 0.5) is 17.2 Å². The number of aryl methyl sites for hydroxylation is 1. The molecule has 10 heteroatoms. The number of anilines is 3. The Bertz CT molecular complexity index is 1290. The summed E-state index contributed by atoms with van der Waals surface area (Å²) in [6, 6.07) is 14.7. The molecule has 2 aromatic carbocycles. The van der Waals surface area contributed by atoms with Gasteiger partial charge in [0, 0.05) is 34.9 Å². The maximum absolute atomic E-state index is 12.5. The molecule has 0 bridgehead atoms. The zero-order chi connectivity index (χ0) is 21.1. The van der Waals surface area contributed by atoms with Gasteiger partial charge < -0.3 is 5.32 Å². The van der Waals surface area contributed by atoms with Gasteiger partial charge in [0.1, 0.15) is 23.8 Å². The summed E-state index contributed by atoms with van der Waals surface area (Å²) in [7, 11) is -3.73. The first-order valence-corrected chi connectivity index (χ1v) is 10.7.